The molecule has 1 spiro atoms. The van der Waals surface area contributed by atoms with E-state index in [4.69, 9.17) is 0 Å². The first-order valence-electron chi connectivity index (χ1n) is 8.60. The van der Waals surface area contributed by atoms with Gasteiger partial charge in [0.05, 0.1) is 6.54 Å². The highest BCUT2D eigenvalue weighted by atomic mass is 16.2. The van der Waals surface area contributed by atoms with Crippen LogP contribution in [-0.4, -0.2) is 78.3 Å². The van der Waals surface area contributed by atoms with Gasteiger partial charge >= 0.3 is 6.03 Å². The number of hydrogen-bond donors (Lipinski definition) is 2. The molecule has 1 heterocycles. The van der Waals surface area contributed by atoms with Crippen molar-refractivity contribution in [3.8, 4) is 0 Å². The van der Waals surface area contributed by atoms with Crippen LogP contribution in [0.3, 0.4) is 0 Å². The first-order chi connectivity index (χ1) is 11.7. The maximum absolute atomic E-state index is 12.6. The maximum Gasteiger partial charge on any atom is 0.344 e. The lowest BCUT2D eigenvalue weighted by Gasteiger charge is -2.30. The van der Waals surface area contributed by atoms with E-state index in [1.165, 1.54) is 4.90 Å². The third-order valence-corrected chi connectivity index (χ3v) is 4.73. The van der Waals surface area contributed by atoms with Crippen molar-refractivity contribution in [1.29, 1.82) is 0 Å². The smallest absolute Gasteiger partial charge is 0.344 e. The van der Waals surface area contributed by atoms with Gasteiger partial charge in [0.15, 0.2) is 0 Å². The van der Waals surface area contributed by atoms with Crippen LogP contribution in [0.15, 0.2) is 0 Å². The quantitative estimate of drug-likeness (QED) is 0.638. The Bertz CT molecular complexity index is 557. The first-order valence-corrected chi connectivity index (χ1v) is 8.60. The van der Waals surface area contributed by atoms with Gasteiger partial charge < -0.3 is 10.2 Å². The molecule has 0 aromatic carbocycles. The van der Waals surface area contributed by atoms with Gasteiger partial charge in [0, 0.05) is 27.1 Å². The third-order valence-electron chi connectivity index (χ3n) is 4.73. The third kappa shape index (κ3) is 4.47. The first kappa shape index (κ1) is 19.2. The topological polar surface area (TPSA) is 102 Å². The lowest BCUT2D eigenvalue weighted by atomic mass is 9.82. The Morgan fingerprint density at radius 1 is 1.16 bits per heavy atom. The highest BCUT2D eigenvalue weighted by molar-refractivity contribution is 6.08. The van der Waals surface area contributed by atoms with Gasteiger partial charge in [0.25, 0.3) is 5.91 Å². The number of hydrogen-bond acceptors (Lipinski definition) is 5. The molecule has 2 fully saturated rings. The van der Waals surface area contributed by atoms with Gasteiger partial charge in [-0.1, -0.05) is 19.3 Å². The van der Waals surface area contributed by atoms with E-state index in [1.54, 1.807) is 26.0 Å². The van der Waals surface area contributed by atoms with E-state index in [9.17, 15) is 19.2 Å². The zero-order valence-corrected chi connectivity index (χ0v) is 15.1. The molecule has 5 amide bonds. The summed E-state index contributed by atoms with van der Waals surface area (Å²) in [6, 6.07) is -0.573. The van der Waals surface area contributed by atoms with Crippen molar-refractivity contribution < 1.29 is 19.2 Å². The lowest BCUT2D eigenvalue weighted by Crippen LogP contribution is -2.51. The molecule has 0 atom stereocenters. The zero-order chi connectivity index (χ0) is 18.6. The molecule has 9 heteroatoms. The van der Waals surface area contributed by atoms with E-state index in [-0.39, 0.29) is 24.8 Å². The minimum absolute atomic E-state index is 0.0590. The average molecular weight is 353 g/mol. The molecule has 0 aromatic rings. The number of amides is 5. The van der Waals surface area contributed by atoms with E-state index >= 15 is 0 Å². The van der Waals surface area contributed by atoms with Crippen molar-refractivity contribution in [3.05, 3.63) is 0 Å². The summed E-state index contributed by atoms with van der Waals surface area (Å²) in [6.07, 6.45) is 4.13. The summed E-state index contributed by atoms with van der Waals surface area (Å²) >= 11 is 0. The second-order valence-electron chi connectivity index (χ2n) is 7.02. The van der Waals surface area contributed by atoms with Crippen LogP contribution in [-0.2, 0) is 14.4 Å². The van der Waals surface area contributed by atoms with Crippen LogP contribution in [0, 0.1) is 0 Å². The summed E-state index contributed by atoms with van der Waals surface area (Å²) in [5.41, 5.74) is 1.54. The Morgan fingerprint density at radius 2 is 1.80 bits per heavy atom. The fourth-order valence-corrected chi connectivity index (χ4v) is 3.14. The molecule has 2 aliphatic rings. The van der Waals surface area contributed by atoms with Gasteiger partial charge in [-0.05, 0) is 19.9 Å². The number of likely N-dealkylation sites (N-methyl/N-ethyl adjacent to an activating group) is 2. The van der Waals surface area contributed by atoms with Gasteiger partial charge in [0.1, 0.15) is 5.54 Å². The van der Waals surface area contributed by atoms with E-state index < -0.39 is 17.5 Å². The number of nitrogens with one attached hydrogen (secondary N) is 2. The summed E-state index contributed by atoms with van der Waals surface area (Å²) in [5, 5.41) is 3.54. The van der Waals surface area contributed by atoms with Crippen LogP contribution in [0.4, 0.5) is 4.79 Å². The van der Waals surface area contributed by atoms with Gasteiger partial charge in [-0.3, -0.25) is 24.7 Å². The molecule has 0 bridgehead atoms. The fraction of sp³-hybridized carbons (Fsp3) is 0.750. The average Bonchev–Trinajstić information content (AvgIpc) is 2.77. The molecule has 2 rings (SSSR count). The monoisotopic (exact) mass is 353 g/mol. The minimum atomic E-state index is -0.850. The van der Waals surface area contributed by atoms with Gasteiger partial charge in [-0.15, -0.1) is 0 Å². The summed E-state index contributed by atoms with van der Waals surface area (Å²) < 4.78 is 0. The van der Waals surface area contributed by atoms with Crippen LogP contribution in [0.5, 0.6) is 0 Å². The number of nitrogens with zero attached hydrogens (tertiary/aromatic N) is 3. The molecule has 0 aromatic heterocycles. The number of carbonyl (C=O) groups excluding carboxylic acids is 4. The molecule has 1 saturated carbocycles. The normalized spacial score (nSPS) is 19.3. The van der Waals surface area contributed by atoms with Crippen LogP contribution in [0.2, 0.25) is 0 Å². The Balaban J connectivity index is 1.83. The second kappa shape index (κ2) is 7.81. The SMILES string of the molecule is CN(CCC(=O)NN1C(=O)NC2(CCCCC2)C1=O)CC(=O)N(C)C. The minimum Gasteiger partial charge on any atom is -0.348 e. The second-order valence-corrected chi connectivity index (χ2v) is 7.02. The summed E-state index contributed by atoms with van der Waals surface area (Å²) in [6.45, 7) is 0.548. The Labute approximate surface area is 147 Å². The fourth-order valence-electron chi connectivity index (χ4n) is 3.14. The van der Waals surface area contributed by atoms with E-state index in [2.05, 4.69) is 10.7 Å². The Hall–Kier alpha value is -2.16. The highest BCUT2D eigenvalue weighted by Gasteiger charge is 2.52. The van der Waals surface area contributed by atoms with E-state index in [0.29, 0.717) is 19.4 Å². The predicted molar refractivity (Wildman–Crippen MR) is 90.1 cm³/mol. The Kier molecular flexibility index (Phi) is 5.99. The summed E-state index contributed by atoms with van der Waals surface area (Å²) in [5.74, 6) is -0.863. The molecule has 140 valence electrons. The summed E-state index contributed by atoms with van der Waals surface area (Å²) in [7, 11) is 5.07. The van der Waals surface area contributed by atoms with Crippen molar-refractivity contribution in [1.82, 2.24) is 25.6 Å². The molecular formula is C16H27N5O4. The number of urea groups is 1. The zero-order valence-electron chi connectivity index (χ0n) is 15.1. The molecule has 1 aliphatic carbocycles. The molecule has 1 saturated heterocycles. The molecule has 0 radical (unpaired) electrons. The molecule has 0 unspecified atom stereocenters. The molecular weight excluding hydrogens is 326 g/mol. The number of hydrazine groups is 1. The molecule has 9 nitrogen and oxygen atoms in total. The van der Waals surface area contributed by atoms with Crippen LogP contribution in [0.1, 0.15) is 38.5 Å². The van der Waals surface area contributed by atoms with Crippen LogP contribution >= 0.6 is 0 Å². The molecule has 1 aliphatic heterocycles. The molecule has 2 N–H and O–H groups in total. The standard InChI is InChI=1S/C16H27N5O4/c1-19(2)13(23)11-20(3)10-7-12(22)18-21-14(24)16(17-15(21)25)8-5-4-6-9-16/h4-11H2,1-3H3,(H,17,25)(H,18,22). The van der Waals surface area contributed by atoms with Crippen molar-refractivity contribution in [2.24, 2.45) is 0 Å². The largest absolute Gasteiger partial charge is 0.348 e. The lowest BCUT2D eigenvalue weighted by molar-refractivity contribution is -0.140. The highest BCUT2D eigenvalue weighted by Crippen LogP contribution is 2.32. The van der Waals surface area contributed by atoms with Gasteiger partial charge in [-0.2, -0.15) is 5.01 Å². The predicted octanol–water partition coefficient (Wildman–Crippen LogP) is -0.318. The number of imide groups is 1. The number of rotatable bonds is 6. The van der Waals surface area contributed by atoms with E-state index in [0.717, 1.165) is 24.3 Å². The maximum atomic E-state index is 12.6. The van der Waals surface area contributed by atoms with Crippen LogP contribution < -0.4 is 10.7 Å². The van der Waals surface area contributed by atoms with Gasteiger partial charge in [-0.25, -0.2) is 4.79 Å². The van der Waals surface area contributed by atoms with Crippen molar-refractivity contribution >= 4 is 23.8 Å². The van der Waals surface area contributed by atoms with Gasteiger partial charge in [0.2, 0.25) is 11.8 Å². The Morgan fingerprint density at radius 3 is 2.40 bits per heavy atom. The van der Waals surface area contributed by atoms with Crippen LogP contribution in [0.25, 0.3) is 0 Å². The summed E-state index contributed by atoms with van der Waals surface area (Å²) in [4.78, 5) is 51.5. The van der Waals surface area contributed by atoms with Crippen molar-refractivity contribution in [2.45, 2.75) is 44.1 Å². The molecule has 25 heavy (non-hydrogen) atoms. The van der Waals surface area contributed by atoms with Crippen molar-refractivity contribution in [3.63, 3.8) is 0 Å². The van der Waals surface area contributed by atoms with E-state index in [1.807, 2.05) is 0 Å². The number of carbonyl (C=O) groups is 4. The van der Waals surface area contributed by atoms with Crippen molar-refractivity contribution in [2.75, 3.05) is 34.2 Å².